The molecule has 1 rings (SSSR count). The Morgan fingerprint density at radius 3 is 2.73 bits per heavy atom. The lowest BCUT2D eigenvalue weighted by atomic mass is 10.2. The number of benzene rings is 1. The molecule has 84 valence electrons. The van der Waals surface area contributed by atoms with Gasteiger partial charge in [0.1, 0.15) is 5.82 Å². The highest BCUT2D eigenvalue weighted by atomic mass is 127. The second-order valence-electron chi connectivity index (χ2n) is 3.61. The van der Waals surface area contributed by atoms with Crippen molar-refractivity contribution >= 4 is 28.3 Å². The van der Waals surface area contributed by atoms with E-state index in [-0.39, 0.29) is 5.82 Å². The highest BCUT2D eigenvalue weighted by molar-refractivity contribution is 14.1. The van der Waals surface area contributed by atoms with Gasteiger partial charge in [0, 0.05) is 15.8 Å². The van der Waals surface area contributed by atoms with Gasteiger partial charge in [0.2, 0.25) is 0 Å². The first-order valence-electron chi connectivity index (χ1n) is 5.43. The maximum atomic E-state index is 12.8. The standard InChI is InChI=1S/C12H17FIN/c1-2-3-4-5-8-15-12-7-6-10(13)9-11(12)14/h6-7,9,15H,2-5,8H2,1H3. The van der Waals surface area contributed by atoms with Gasteiger partial charge in [-0.2, -0.15) is 0 Å². The summed E-state index contributed by atoms with van der Waals surface area (Å²) < 4.78 is 13.8. The van der Waals surface area contributed by atoms with Gasteiger partial charge in [0.05, 0.1) is 0 Å². The maximum Gasteiger partial charge on any atom is 0.124 e. The summed E-state index contributed by atoms with van der Waals surface area (Å²) in [5, 5.41) is 3.32. The predicted molar refractivity (Wildman–Crippen MR) is 71.7 cm³/mol. The van der Waals surface area contributed by atoms with E-state index in [0.29, 0.717) is 0 Å². The molecule has 0 aliphatic rings. The van der Waals surface area contributed by atoms with Crippen molar-refractivity contribution in [3.8, 4) is 0 Å². The van der Waals surface area contributed by atoms with Crippen molar-refractivity contribution in [2.45, 2.75) is 32.6 Å². The monoisotopic (exact) mass is 321 g/mol. The van der Waals surface area contributed by atoms with Crippen LogP contribution in [0, 0.1) is 9.39 Å². The molecule has 0 saturated heterocycles. The van der Waals surface area contributed by atoms with Crippen LogP contribution in [-0.4, -0.2) is 6.54 Å². The Kier molecular flexibility index (Phi) is 5.98. The van der Waals surface area contributed by atoms with Crippen molar-refractivity contribution in [1.29, 1.82) is 0 Å². The second kappa shape index (κ2) is 7.04. The SMILES string of the molecule is CCCCCCNc1ccc(F)cc1I. The summed E-state index contributed by atoms with van der Waals surface area (Å²) in [4.78, 5) is 0. The van der Waals surface area contributed by atoms with E-state index in [1.165, 1.54) is 31.7 Å². The third kappa shape index (κ3) is 4.82. The van der Waals surface area contributed by atoms with Crippen LogP contribution >= 0.6 is 22.6 Å². The summed E-state index contributed by atoms with van der Waals surface area (Å²) in [6.07, 6.45) is 5.00. The highest BCUT2D eigenvalue weighted by Crippen LogP contribution is 2.18. The number of hydrogen-bond donors (Lipinski definition) is 1. The number of anilines is 1. The van der Waals surface area contributed by atoms with E-state index < -0.39 is 0 Å². The van der Waals surface area contributed by atoms with Gasteiger partial charge >= 0.3 is 0 Å². The lowest BCUT2D eigenvalue weighted by Gasteiger charge is -2.08. The van der Waals surface area contributed by atoms with Crippen molar-refractivity contribution in [3.63, 3.8) is 0 Å². The summed E-state index contributed by atoms with van der Waals surface area (Å²) >= 11 is 2.15. The number of unbranched alkanes of at least 4 members (excludes halogenated alkanes) is 3. The number of nitrogens with one attached hydrogen (secondary N) is 1. The minimum atomic E-state index is -0.170. The zero-order valence-electron chi connectivity index (χ0n) is 9.02. The van der Waals surface area contributed by atoms with Gasteiger partial charge in [-0.1, -0.05) is 26.2 Å². The van der Waals surface area contributed by atoms with Crippen LogP contribution in [0.5, 0.6) is 0 Å². The van der Waals surface area contributed by atoms with Crippen molar-refractivity contribution in [3.05, 3.63) is 27.6 Å². The zero-order chi connectivity index (χ0) is 11.1. The van der Waals surface area contributed by atoms with E-state index in [9.17, 15) is 4.39 Å². The Morgan fingerprint density at radius 2 is 2.07 bits per heavy atom. The first kappa shape index (κ1) is 12.7. The van der Waals surface area contributed by atoms with Crippen molar-refractivity contribution in [1.82, 2.24) is 0 Å². The number of halogens is 2. The molecule has 3 heteroatoms. The lowest BCUT2D eigenvalue weighted by molar-refractivity contribution is 0.627. The largest absolute Gasteiger partial charge is 0.384 e. The minimum Gasteiger partial charge on any atom is -0.384 e. The molecule has 0 spiro atoms. The van der Waals surface area contributed by atoms with E-state index in [2.05, 4.69) is 34.8 Å². The molecule has 1 N–H and O–H groups in total. The van der Waals surface area contributed by atoms with Crippen LogP contribution < -0.4 is 5.32 Å². The molecule has 0 amide bonds. The lowest BCUT2D eigenvalue weighted by Crippen LogP contribution is -2.03. The third-order valence-electron chi connectivity index (χ3n) is 2.28. The summed E-state index contributed by atoms with van der Waals surface area (Å²) in [5.41, 5.74) is 1.04. The molecule has 0 aliphatic heterocycles. The quantitative estimate of drug-likeness (QED) is 0.604. The smallest absolute Gasteiger partial charge is 0.124 e. The molecule has 0 unspecified atom stereocenters. The first-order valence-corrected chi connectivity index (χ1v) is 6.51. The molecule has 15 heavy (non-hydrogen) atoms. The molecular weight excluding hydrogens is 304 g/mol. The van der Waals surface area contributed by atoms with Gasteiger partial charge in [0.15, 0.2) is 0 Å². The number of hydrogen-bond acceptors (Lipinski definition) is 1. The first-order chi connectivity index (χ1) is 7.24. The molecule has 0 heterocycles. The molecule has 0 aliphatic carbocycles. The molecule has 0 saturated carbocycles. The van der Waals surface area contributed by atoms with Crippen LogP contribution in [0.2, 0.25) is 0 Å². The summed E-state index contributed by atoms with van der Waals surface area (Å²) in [5.74, 6) is -0.170. The second-order valence-corrected chi connectivity index (χ2v) is 4.77. The molecule has 1 aromatic rings. The molecule has 0 radical (unpaired) electrons. The van der Waals surface area contributed by atoms with E-state index in [4.69, 9.17) is 0 Å². The highest BCUT2D eigenvalue weighted by Gasteiger charge is 1.99. The van der Waals surface area contributed by atoms with Crippen LogP contribution in [0.1, 0.15) is 32.6 Å². The van der Waals surface area contributed by atoms with Crippen LogP contribution in [-0.2, 0) is 0 Å². The predicted octanol–water partition coefficient (Wildman–Crippen LogP) is 4.42. The average molecular weight is 321 g/mol. The fourth-order valence-electron chi connectivity index (χ4n) is 1.41. The fourth-order valence-corrected chi connectivity index (χ4v) is 2.08. The molecule has 0 bridgehead atoms. The van der Waals surface area contributed by atoms with Gasteiger partial charge in [-0.25, -0.2) is 4.39 Å². The van der Waals surface area contributed by atoms with Crippen LogP contribution in [0.3, 0.4) is 0 Å². The van der Waals surface area contributed by atoms with E-state index in [1.54, 1.807) is 12.1 Å². The molecule has 0 aromatic heterocycles. The van der Waals surface area contributed by atoms with E-state index in [0.717, 1.165) is 15.8 Å². The topological polar surface area (TPSA) is 12.0 Å². The number of rotatable bonds is 6. The van der Waals surface area contributed by atoms with E-state index in [1.807, 2.05) is 0 Å². The molecule has 1 nitrogen and oxygen atoms in total. The zero-order valence-corrected chi connectivity index (χ0v) is 11.2. The minimum absolute atomic E-state index is 0.170. The van der Waals surface area contributed by atoms with Crippen molar-refractivity contribution < 1.29 is 4.39 Å². The van der Waals surface area contributed by atoms with Crippen LogP contribution in [0.15, 0.2) is 18.2 Å². The van der Waals surface area contributed by atoms with Gasteiger partial charge in [0.25, 0.3) is 0 Å². The van der Waals surface area contributed by atoms with Crippen molar-refractivity contribution in [2.75, 3.05) is 11.9 Å². The fraction of sp³-hybridized carbons (Fsp3) is 0.500. The van der Waals surface area contributed by atoms with Gasteiger partial charge in [-0.05, 0) is 47.2 Å². The average Bonchev–Trinajstić information content (AvgIpc) is 2.20. The molecular formula is C12H17FIN. The Bertz CT molecular complexity index is 302. The van der Waals surface area contributed by atoms with Crippen LogP contribution in [0.4, 0.5) is 10.1 Å². The van der Waals surface area contributed by atoms with E-state index >= 15 is 0 Å². The van der Waals surface area contributed by atoms with Crippen LogP contribution in [0.25, 0.3) is 0 Å². The molecule has 0 fully saturated rings. The maximum absolute atomic E-state index is 12.8. The van der Waals surface area contributed by atoms with Gasteiger partial charge in [-0.3, -0.25) is 0 Å². The molecule has 1 aromatic carbocycles. The molecule has 0 atom stereocenters. The Morgan fingerprint density at radius 1 is 1.27 bits per heavy atom. The van der Waals surface area contributed by atoms with Gasteiger partial charge < -0.3 is 5.32 Å². The third-order valence-corrected chi connectivity index (χ3v) is 3.17. The van der Waals surface area contributed by atoms with Crippen molar-refractivity contribution in [2.24, 2.45) is 0 Å². The Labute approximate surface area is 105 Å². The normalized spacial score (nSPS) is 10.3. The Hall–Kier alpha value is -0.320. The van der Waals surface area contributed by atoms with Gasteiger partial charge in [-0.15, -0.1) is 0 Å². The summed E-state index contributed by atoms with van der Waals surface area (Å²) in [6.45, 7) is 3.18. The Balaban J connectivity index is 2.31. The summed E-state index contributed by atoms with van der Waals surface area (Å²) in [7, 11) is 0. The summed E-state index contributed by atoms with van der Waals surface area (Å²) in [6, 6.07) is 4.85.